The van der Waals surface area contributed by atoms with Crippen molar-refractivity contribution in [3.05, 3.63) is 45.9 Å². The van der Waals surface area contributed by atoms with E-state index < -0.39 is 23.8 Å². The fraction of sp³-hybridized carbons (Fsp3) is 0.231. The summed E-state index contributed by atoms with van der Waals surface area (Å²) in [6, 6.07) is 2.74. The average molecular weight is 298 g/mol. The molecule has 0 radical (unpaired) electrons. The van der Waals surface area contributed by atoms with Crippen molar-refractivity contribution in [1.29, 1.82) is 0 Å². The highest BCUT2D eigenvalue weighted by Gasteiger charge is 2.33. The van der Waals surface area contributed by atoms with Crippen LogP contribution in [0.1, 0.15) is 18.5 Å². The van der Waals surface area contributed by atoms with Gasteiger partial charge in [0.1, 0.15) is 5.82 Å². The van der Waals surface area contributed by atoms with Gasteiger partial charge in [-0.3, -0.25) is 4.79 Å². The Labute approximate surface area is 120 Å². The summed E-state index contributed by atoms with van der Waals surface area (Å²) in [5.74, 6) is -1.00. The van der Waals surface area contributed by atoms with Crippen molar-refractivity contribution in [2.24, 2.45) is 0 Å². The number of carbonyl (C=O) groups excluding carboxylic acids is 2. The predicted molar refractivity (Wildman–Crippen MR) is 72.6 cm³/mol. The number of hydrogen-bond donors (Lipinski definition) is 3. The zero-order valence-corrected chi connectivity index (χ0v) is 11.6. The van der Waals surface area contributed by atoms with Crippen LogP contribution in [0.4, 0.5) is 9.18 Å². The highest BCUT2D eigenvalue weighted by Crippen LogP contribution is 2.33. The van der Waals surface area contributed by atoms with Crippen molar-refractivity contribution in [1.82, 2.24) is 16.0 Å². The van der Waals surface area contributed by atoms with Gasteiger partial charge in [-0.1, -0.05) is 17.7 Å². The number of nitrogens with one attached hydrogen (secondary N) is 3. The van der Waals surface area contributed by atoms with Gasteiger partial charge in [0.2, 0.25) is 0 Å². The molecule has 1 aliphatic heterocycles. The van der Waals surface area contributed by atoms with Crippen molar-refractivity contribution >= 4 is 23.5 Å². The van der Waals surface area contributed by atoms with Crippen LogP contribution in [0, 0.1) is 5.82 Å². The van der Waals surface area contributed by atoms with Gasteiger partial charge in [-0.05, 0) is 19.1 Å². The minimum absolute atomic E-state index is 0.0713. The monoisotopic (exact) mass is 297 g/mol. The highest BCUT2D eigenvalue weighted by molar-refractivity contribution is 6.31. The second-order valence-corrected chi connectivity index (χ2v) is 4.69. The summed E-state index contributed by atoms with van der Waals surface area (Å²) in [5, 5.41) is 7.61. The zero-order chi connectivity index (χ0) is 14.9. The lowest BCUT2D eigenvalue weighted by atomic mass is 9.94. The number of allylic oxidation sites excluding steroid dienone is 1. The quantitative estimate of drug-likeness (QED) is 0.780. The third kappa shape index (κ3) is 2.46. The molecule has 5 nitrogen and oxygen atoms in total. The van der Waals surface area contributed by atoms with Gasteiger partial charge in [0.15, 0.2) is 0 Å². The van der Waals surface area contributed by atoms with Crippen LogP contribution in [0.5, 0.6) is 0 Å². The fourth-order valence-electron chi connectivity index (χ4n) is 2.13. The topological polar surface area (TPSA) is 70.2 Å². The Balaban J connectivity index is 2.60. The maximum absolute atomic E-state index is 14.0. The highest BCUT2D eigenvalue weighted by atomic mass is 35.5. The summed E-state index contributed by atoms with van der Waals surface area (Å²) in [4.78, 5) is 23.5. The van der Waals surface area contributed by atoms with E-state index in [9.17, 15) is 14.0 Å². The van der Waals surface area contributed by atoms with Crippen LogP contribution < -0.4 is 16.0 Å². The van der Waals surface area contributed by atoms with Gasteiger partial charge in [-0.2, -0.15) is 0 Å². The zero-order valence-electron chi connectivity index (χ0n) is 10.9. The van der Waals surface area contributed by atoms with Gasteiger partial charge < -0.3 is 16.0 Å². The molecule has 1 atom stereocenters. The molecule has 3 amide bonds. The fourth-order valence-corrected chi connectivity index (χ4v) is 2.40. The average Bonchev–Trinajstić information content (AvgIpc) is 2.37. The number of rotatable bonds is 2. The lowest BCUT2D eigenvalue weighted by molar-refractivity contribution is -0.117. The SMILES string of the molecule is CNC(=O)C1=C(C)NC(=O)NC1c1c(F)cccc1Cl. The molecule has 0 saturated heterocycles. The minimum Gasteiger partial charge on any atom is -0.355 e. The van der Waals surface area contributed by atoms with E-state index >= 15 is 0 Å². The Morgan fingerprint density at radius 1 is 1.45 bits per heavy atom. The third-order valence-corrected chi connectivity index (χ3v) is 3.36. The number of hydrogen-bond acceptors (Lipinski definition) is 2. The molecule has 0 saturated carbocycles. The van der Waals surface area contributed by atoms with Crippen LogP contribution >= 0.6 is 11.6 Å². The van der Waals surface area contributed by atoms with Gasteiger partial charge in [0.25, 0.3) is 5.91 Å². The molecule has 7 heteroatoms. The largest absolute Gasteiger partial charge is 0.355 e. The first-order chi connectivity index (χ1) is 9.45. The first-order valence-corrected chi connectivity index (χ1v) is 6.27. The molecule has 1 heterocycles. The van der Waals surface area contributed by atoms with E-state index in [0.717, 1.165) is 0 Å². The van der Waals surface area contributed by atoms with Crippen LogP contribution in [-0.2, 0) is 4.79 Å². The molecule has 3 N–H and O–H groups in total. The van der Waals surface area contributed by atoms with E-state index in [1.165, 1.54) is 25.2 Å². The molecule has 106 valence electrons. The van der Waals surface area contributed by atoms with E-state index in [1.54, 1.807) is 6.92 Å². The molecule has 1 aliphatic rings. The van der Waals surface area contributed by atoms with Crippen LogP contribution in [0.2, 0.25) is 5.02 Å². The minimum atomic E-state index is -0.933. The molecular weight excluding hydrogens is 285 g/mol. The van der Waals surface area contributed by atoms with Crippen LogP contribution in [0.3, 0.4) is 0 Å². The maximum atomic E-state index is 14.0. The molecule has 0 aliphatic carbocycles. The van der Waals surface area contributed by atoms with Gasteiger partial charge >= 0.3 is 6.03 Å². The summed E-state index contributed by atoms with van der Waals surface area (Å²) in [5.41, 5.74) is 0.651. The summed E-state index contributed by atoms with van der Waals surface area (Å²) in [7, 11) is 1.46. The van der Waals surface area contributed by atoms with Crippen molar-refractivity contribution in [3.63, 3.8) is 0 Å². The summed E-state index contributed by atoms with van der Waals surface area (Å²) in [6.07, 6.45) is 0. The molecule has 2 rings (SSSR count). The van der Waals surface area contributed by atoms with Crippen LogP contribution in [-0.4, -0.2) is 19.0 Å². The number of carbonyl (C=O) groups is 2. The van der Waals surface area contributed by atoms with E-state index in [1.807, 2.05) is 0 Å². The van der Waals surface area contributed by atoms with E-state index in [-0.39, 0.29) is 16.2 Å². The summed E-state index contributed by atoms with van der Waals surface area (Å²) >= 11 is 6.01. The standard InChI is InChI=1S/C13H13ClFN3O2/c1-6-9(12(19)16-2)11(18-13(20)17-6)10-7(14)4-3-5-8(10)15/h3-5,11H,1-2H3,(H,16,19)(H2,17,18,20). The molecule has 20 heavy (non-hydrogen) atoms. The Morgan fingerprint density at radius 2 is 2.15 bits per heavy atom. The van der Waals surface area contributed by atoms with E-state index in [0.29, 0.717) is 5.70 Å². The molecule has 0 fully saturated rings. The molecule has 1 unspecified atom stereocenters. The Bertz CT molecular complexity index is 595. The van der Waals surface area contributed by atoms with Gasteiger partial charge in [0.05, 0.1) is 11.6 Å². The number of halogens is 2. The second-order valence-electron chi connectivity index (χ2n) is 4.28. The first-order valence-electron chi connectivity index (χ1n) is 5.90. The molecule has 0 aromatic heterocycles. The molecule has 1 aromatic rings. The molecular formula is C13H13ClFN3O2. The predicted octanol–water partition coefficient (Wildman–Crippen LogP) is 1.85. The Kier molecular flexibility index (Phi) is 3.94. The number of amides is 3. The van der Waals surface area contributed by atoms with E-state index in [2.05, 4.69) is 16.0 Å². The van der Waals surface area contributed by atoms with Gasteiger partial charge in [-0.25, -0.2) is 9.18 Å². The van der Waals surface area contributed by atoms with Crippen molar-refractivity contribution in [2.75, 3.05) is 7.05 Å². The number of benzene rings is 1. The lowest BCUT2D eigenvalue weighted by Gasteiger charge is -2.29. The van der Waals surface area contributed by atoms with Crippen LogP contribution in [0.25, 0.3) is 0 Å². The maximum Gasteiger partial charge on any atom is 0.319 e. The van der Waals surface area contributed by atoms with Crippen molar-refractivity contribution in [2.45, 2.75) is 13.0 Å². The van der Waals surface area contributed by atoms with Gasteiger partial charge in [-0.15, -0.1) is 0 Å². The molecule has 1 aromatic carbocycles. The number of likely N-dealkylation sites (N-methyl/N-ethyl adjacent to an activating group) is 1. The molecule has 0 bridgehead atoms. The lowest BCUT2D eigenvalue weighted by Crippen LogP contribution is -2.46. The summed E-state index contributed by atoms with van der Waals surface area (Å²) < 4.78 is 14.0. The first kappa shape index (κ1) is 14.3. The summed E-state index contributed by atoms with van der Waals surface area (Å²) in [6.45, 7) is 1.57. The van der Waals surface area contributed by atoms with Crippen molar-refractivity contribution in [3.8, 4) is 0 Å². The van der Waals surface area contributed by atoms with Crippen LogP contribution in [0.15, 0.2) is 29.5 Å². The third-order valence-electron chi connectivity index (χ3n) is 3.03. The second kappa shape index (κ2) is 5.50. The van der Waals surface area contributed by atoms with Crippen molar-refractivity contribution < 1.29 is 14.0 Å². The normalized spacial score (nSPS) is 18.4. The number of urea groups is 1. The molecule has 0 spiro atoms. The smallest absolute Gasteiger partial charge is 0.319 e. The van der Waals surface area contributed by atoms with Gasteiger partial charge in [0, 0.05) is 23.3 Å². The Morgan fingerprint density at radius 3 is 2.75 bits per heavy atom. The Hall–Kier alpha value is -2.08. The van der Waals surface area contributed by atoms with E-state index in [4.69, 9.17) is 11.6 Å².